The van der Waals surface area contributed by atoms with Crippen LogP contribution in [0.15, 0.2) is 46.4 Å². The number of aromatic nitrogens is 1. The second kappa shape index (κ2) is 10.5. The minimum Gasteiger partial charge on any atom is -0.379 e. The van der Waals surface area contributed by atoms with Gasteiger partial charge in [-0.3, -0.25) is 4.79 Å². The fourth-order valence-corrected chi connectivity index (χ4v) is 7.61. The Morgan fingerprint density at radius 1 is 1.19 bits per heavy atom. The highest BCUT2D eigenvalue weighted by molar-refractivity contribution is 7.89. The number of hydrogen-bond donors (Lipinski definition) is 1. The summed E-state index contributed by atoms with van der Waals surface area (Å²) in [6.45, 7) is 7.68. The Balaban J connectivity index is 1.33. The van der Waals surface area contributed by atoms with Crippen molar-refractivity contribution in [2.24, 2.45) is 11.0 Å². The van der Waals surface area contributed by atoms with E-state index in [-0.39, 0.29) is 10.8 Å². The highest BCUT2D eigenvalue weighted by Crippen LogP contribution is 2.32. The van der Waals surface area contributed by atoms with Gasteiger partial charge >= 0.3 is 0 Å². The van der Waals surface area contributed by atoms with Gasteiger partial charge in [0.1, 0.15) is 0 Å². The maximum absolute atomic E-state index is 13.1. The molecule has 0 saturated carbocycles. The van der Waals surface area contributed by atoms with E-state index in [4.69, 9.17) is 4.74 Å². The summed E-state index contributed by atoms with van der Waals surface area (Å²) in [6.07, 6.45) is 4.88. The molecule has 37 heavy (non-hydrogen) atoms. The predicted octanol–water partition coefficient (Wildman–Crippen LogP) is 4.07. The molecule has 1 aliphatic heterocycles. The molecule has 0 radical (unpaired) electrons. The van der Waals surface area contributed by atoms with Crippen molar-refractivity contribution >= 4 is 33.5 Å². The molecule has 5 rings (SSSR count). The van der Waals surface area contributed by atoms with Crippen LogP contribution in [0, 0.1) is 19.8 Å². The molecule has 3 heterocycles. The molecule has 8 nitrogen and oxygen atoms in total. The number of aryl methyl sites for hydroxylation is 2. The van der Waals surface area contributed by atoms with Crippen LogP contribution in [-0.4, -0.2) is 55.7 Å². The smallest absolute Gasteiger partial charge is 0.281 e. The first-order valence-corrected chi connectivity index (χ1v) is 14.8. The molecule has 0 spiro atoms. The van der Waals surface area contributed by atoms with Crippen LogP contribution in [0.1, 0.15) is 50.4 Å². The summed E-state index contributed by atoms with van der Waals surface area (Å²) >= 11 is 1.56. The Morgan fingerprint density at radius 2 is 1.97 bits per heavy atom. The normalized spacial score (nSPS) is 18.7. The summed E-state index contributed by atoms with van der Waals surface area (Å²) in [6, 6.07) is 11.0. The van der Waals surface area contributed by atoms with E-state index in [0.29, 0.717) is 37.1 Å². The molecule has 2 aromatic heterocycles. The summed E-state index contributed by atoms with van der Waals surface area (Å²) in [7, 11) is -3.60. The van der Waals surface area contributed by atoms with Gasteiger partial charge in [-0.2, -0.15) is 9.41 Å². The van der Waals surface area contributed by atoms with Crippen LogP contribution in [-0.2, 0) is 27.6 Å². The van der Waals surface area contributed by atoms with E-state index in [2.05, 4.69) is 17.5 Å². The number of carbonyl (C=O) groups is 1. The molecule has 0 bridgehead atoms. The molecule has 1 aliphatic carbocycles. The molecule has 1 amide bonds. The number of rotatable bonds is 6. The van der Waals surface area contributed by atoms with Crippen molar-refractivity contribution in [3.8, 4) is 5.69 Å². The first kappa shape index (κ1) is 25.8. The van der Waals surface area contributed by atoms with Crippen LogP contribution in [0.5, 0.6) is 0 Å². The molecule has 196 valence electrons. The minimum absolute atomic E-state index is 0.196. The van der Waals surface area contributed by atoms with E-state index >= 15 is 0 Å². The number of carbonyl (C=O) groups excluding carboxylic acids is 1. The number of hydrogen-bond acceptors (Lipinski definition) is 6. The summed E-state index contributed by atoms with van der Waals surface area (Å²) in [5, 5.41) is 4.22. The van der Waals surface area contributed by atoms with E-state index in [9.17, 15) is 13.2 Å². The molecular formula is C27H32N4O4S2. The number of hydrazone groups is 1. The quantitative estimate of drug-likeness (QED) is 0.377. The molecule has 1 unspecified atom stereocenters. The van der Waals surface area contributed by atoms with E-state index in [1.54, 1.807) is 35.8 Å². The molecule has 1 saturated heterocycles. The molecule has 1 N–H and O–H groups in total. The van der Waals surface area contributed by atoms with Gasteiger partial charge in [-0.15, -0.1) is 11.3 Å². The van der Waals surface area contributed by atoms with Crippen LogP contribution in [0.4, 0.5) is 0 Å². The second-order valence-corrected chi connectivity index (χ2v) is 12.9. The third kappa shape index (κ3) is 5.29. The van der Waals surface area contributed by atoms with Crippen molar-refractivity contribution in [3.05, 3.63) is 68.7 Å². The lowest BCUT2D eigenvalue weighted by Gasteiger charge is -2.26. The molecule has 10 heteroatoms. The lowest BCUT2D eigenvalue weighted by atomic mass is 9.90. The van der Waals surface area contributed by atoms with Crippen molar-refractivity contribution in [1.82, 2.24) is 14.3 Å². The molecule has 1 atom stereocenters. The molecule has 1 fully saturated rings. The van der Waals surface area contributed by atoms with E-state index < -0.39 is 10.0 Å². The number of sulfonamides is 1. The summed E-state index contributed by atoms with van der Waals surface area (Å²) in [5.74, 6) is 0.463. The molecule has 3 aromatic rings. The molecular weight excluding hydrogens is 508 g/mol. The van der Waals surface area contributed by atoms with Crippen molar-refractivity contribution in [1.29, 1.82) is 0 Å². The average Bonchev–Trinajstić information content (AvgIpc) is 3.44. The number of fused-ring (bicyclic) bond motifs is 1. The third-order valence-corrected chi connectivity index (χ3v) is 10.2. The summed E-state index contributed by atoms with van der Waals surface area (Å²) in [5.41, 5.74) is 7.39. The summed E-state index contributed by atoms with van der Waals surface area (Å²) < 4.78 is 35.1. The Labute approximate surface area is 222 Å². The van der Waals surface area contributed by atoms with Gasteiger partial charge in [0, 0.05) is 40.6 Å². The fourth-order valence-electron chi connectivity index (χ4n) is 5.07. The van der Waals surface area contributed by atoms with Crippen molar-refractivity contribution in [3.63, 3.8) is 0 Å². The van der Waals surface area contributed by atoms with E-state index in [0.717, 1.165) is 35.5 Å². The Hall–Kier alpha value is -2.79. The zero-order valence-corrected chi connectivity index (χ0v) is 23.0. The van der Waals surface area contributed by atoms with Crippen molar-refractivity contribution in [2.45, 2.75) is 44.9 Å². The van der Waals surface area contributed by atoms with Crippen molar-refractivity contribution < 1.29 is 17.9 Å². The number of thiophene rings is 1. The average molecular weight is 541 g/mol. The Morgan fingerprint density at radius 3 is 2.76 bits per heavy atom. The summed E-state index contributed by atoms with van der Waals surface area (Å²) in [4.78, 5) is 15.0. The number of benzene rings is 1. The van der Waals surface area contributed by atoms with Crippen LogP contribution < -0.4 is 5.43 Å². The maximum Gasteiger partial charge on any atom is 0.281 e. The van der Waals surface area contributed by atoms with Crippen LogP contribution in [0.25, 0.3) is 5.69 Å². The Kier molecular flexibility index (Phi) is 7.35. The zero-order chi connectivity index (χ0) is 26.2. The van der Waals surface area contributed by atoms with Gasteiger partial charge in [-0.1, -0.05) is 13.0 Å². The predicted molar refractivity (Wildman–Crippen MR) is 145 cm³/mol. The fraction of sp³-hybridized carbons (Fsp3) is 0.407. The largest absolute Gasteiger partial charge is 0.379 e. The topological polar surface area (TPSA) is 93.0 Å². The van der Waals surface area contributed by atoms with Gasteiger partial charge in [-0.25, -0.2) is 13.8 Å². The van der Waals surface area contributed by atoms with Crippen LogP contribution in [0.3, 0.4) is 0 Å². The van der Waals surface area contributed by atoms with E-state index in [1.807, 2.05) is 36.6 Å². The van der Waals surface area contributed by atoms with Gasteiger partial charge in [0.15, 0.2) is 0 Å². The number of nitrogens with one attached hydrogen (secondary N) is 1. The number of ether oxygens (including phenoxy) is 1. The number of amides is 1. The Bertz CT molecular complexity index is 1450. The first-order valence-electron chi connectivity index (χ1n) is 12.6. The minimum atomic E-state index is -3.60. The highest BCUT2D eigenvalue weighted by Gasteiger charge is 2.27. The monoisotopic (exact) mass is 540 g/mol. The van der Waals surface area contributed by atoms with Gasteiger partial charge in [0.2, 0.25) is 10.0 Å². The zero-order valence-electron chi connectivity index (χ0n) is 21.4. The SMILES string of the molecule is Cc1cc(C=NNC(=O)c2cc3c(s2)CCC(C)C3)c(C)n1-c1cccc(S(=O)(=O)N2CCOCC2)c1. The number of nitrogens with zero attached hydrogens (tertiary/aromatic N) is 3. The van der Waals surface area contributed by atoms with Crippen LogP contribution >= 0.6 is 11.3 Å². The van der Waals surface area contributed by atoms with Gasteiger partial charge in [-0.05, 0) is 74.9 Å². The maximum atomic E-state index is 13.1. The van der Waals surface area contributed by atoms with Gasteiger partial charge < -0.3 is 9.30 Å². The third-order valence-electron chi connectivity index (χ3n) is 7.08. The lowest BCUT2D eigenvalue weighted by molar-refractivity contribution is 0.0730. The molecule has 1 aromatic carbocycles. The van der Waals surface area contributed by atoms with Crippen LogP contribution in [0.2, 0.25) is 0 Å². The van der Waals surface area contributed by atoms with E-state index in [1.165, 1.54) is 21.2 Å². The van der Waals surface area contributed by atoms with Crippen molar-refractivity contribution in [2.75, 3.05) is 26.3 Å². The second-order valence-electron chi connectivity index (χ2n) is 9.78. The highest BCUT2D eigenvalue weighted by atomic mass is 32.2. The first-order chi connectivity index (χ1) is 17.7. The standard InChI is InChI=1S/C27H32N4O4S2/c1-18-7-8-25-21(13-18)15-26(36-25)27(32)29-28-17-22-14-19(2)31(20(22)3)23-5-4-6-24(16-23)37(33,34)30-9-11-35-12-10-30/h4-6,14-18H,7-13H2,1-3H3,(H,29,32). The van der Waals surface area contributed by atoms with Gasteiger partial charge in [0.25, 0.3) is 5.91 Å². The number of morpholine rings is 1. The lowest BCUT2D eigenvalue weighted by Crippen LogP contribution is -2.40. The van der Waals surface area contributed by atoms with Gasteiger partial charge in [0.05, 0.1) is 29.2 Å². The molecule has 2 aliphatic rings.